The van der Waals surface area contributed by atoms with E-state index in [0.717, 1.165) is 49.1 Å². The third-order valence-corrected chi connectivity index (χ3v) is 11.1. The molecule has 9 nitrogen and oxygen atoms in total. The Morgan fingerprint density at radius 3 is 2.42 bits per heavy atom. The van der Waals surface area contributed by atoms with Crippen LogP contribution in [0.3, 0.4) is 0 Å². The largest absolute Gasteiger partial charge is 0.451 e. The van der Waals surface area contributed by atoms with Gasteiger partial charge in [-0.2, -0.15) is 17.5 Å². The number of hydrogen-bond acceptors (Lipinski definition) is 8. The summed E-state index contributed by atoms with van der Waals surface area (Å²) in [7, 11) is -5.76. The molecule has 0 radical (unpaired) electrons. The van der Waals surface area contributed by atoms with E-state index in [1.807, 2.05) is 4.90 Å². The lowest BCUT2D eigenvalue weighted by Crippen LogP contribution is -2.52. The topological polar surface area (TPSA) is 104 Å². The number of rotatable bonds is 5. The highest BCUT2D eigenvalue weighted by Crippen LogP contribution is 2.44. The molecule has 204 valence electrons. The van der Waals surface area contributed by atoms with Crippen molar-refractivity contribution in [2.45, 2.75) is 56.4 Å². The maximum atomic E-state index is 13.8. The highest BCUT2D eigenvalue weighted by molar-refractivity contribution is 7.92. The molecule has 1 aromatic heterocycles. The van der Waals surface area contributed by atoms with Gasteiger partial charge in [0.25, 0.3) is 0 Å². The van der Waals surface area contributed by atoms with Crippen molar-refractivity contribution in [1.82, 2.24) is 14.3 Å². The molecule has 3 heterocycles. The second-order valence-corrected chi connectivity index (χ2v) is 14.9. The number of piperidine rings is 1. The quantitative estimate of drug-likeness (QED) is 0.548. The Hall–Kier alpha value is -1.67. The molecule has 0 amide bonds. The van der Waals surface area contributed by atoms with E-state index in [1.165, 1.54) is 24.4 Å². The fourth-order valence-electron chi connectivity index (χ4n) is 5.72. The van der Waals surface area contributed by atoms with Crippen molar-refractivity contribution in [2.24, 2.45) is 5.41 Å². The van der Waals surface area contributed by atoms with Crippen molar-refractivity contribution in [3.63, 3.8) is 0 Å². The molecule has 2 saturated heterocycles. The zero-order chi connectivity index (χ0) is 26.4. The van der Waals surface area contributed by atoms with Crippen molar-refractivity contribution < 1.29 is 30.0 Å². The Labute approximate surface area is 211 Å². The van der Waals surface area contributed by atoms with E-state index in [-0.39, 0.29) is 42.4 Å². The second-order valence-electron chi connectivity index (χ2n) is 10.5. The number of hydrogen-bond donors (Lipinski definition) is 0. The van der Waals surface area contributed by atoms with Crippen LogP contribution < -0.4 is 9.80 Å². The molecular weight excluding hydrogens is 519 g/mol. The van der Waals surface area contributed by atoms with Gasteiger partial charge in [-0.3, -0.25) is 0 Å². The van der Waals surface area contributed by atoms with Crippen LogP contribution in [0.25, 0.3) is 0 Å². The number of alkyl halides is 3. The minimum Gasteiger partial charge on any atom is -0.358 e. The molecule has 0 N–H and O–H groups in total. The lowest BCUT2D eigenvalue weighted by Gasteiger charge is -2.46. The highest BCUT2D eigenvalue weighted by atomic mass is 32.2. The van der Waals surface area contributed by atoms with Crippen molar-refractivity contribution >= 4 is 31.5 Å². The van der Waals surface area contributed by atoms with Gasteiger partial charge in [0.05, 0.1) is 17.3 Å². The van der Waals surface area contributed by atoms with E-state index in [4.69, 9.17) is 0 Å². The Morgan fingerprint density at radius 1 is 1.11 bits per heavy atom. The second kappa shape index (κ2) is 9.90. The summed E-state index contributed by atoms with van der Waals surface area (Å²) in [5.74, 6) is -1.46. The van der Waals surface area contributed by atoms with Crippen LogP contribution in [0.15, 0.2) is 6.07 Å². The third kappa shape index (κ3) is 6.07. The smallest absolute Gasteiger partial charge is 0.358 e. The van der Waals surface area contributed by atoms with Crippen molar-refractivity contribution in [1.29, 1.82) is 0 Å². The molecule has 1 aliphatic carbocycles. The molecule has 14 heteroatoms. The van der Waals surface area contributed by atoms with E-state index >= 15 is 0 Å². The maximum Gasteiger partial charge on any atom is 0.451 e. The molecule has 0 aromatic carbocycles. The van der Waals surface area contributed by atoms with Crippen molar-refractivity contribution in [2.75, 3.05) is 61.6 Å². The highest BCUT2D eigenvalue weighted by Gasteiger charge is 2.41. The summed E-state index contributed by atoms with van der Waals surface area (Å²) in [5, 5.41) is -1.08. The first-order chi connectivity index (χ1) is 16.7. The molecule has 1 unspecified atom stereocenters. The van der Waals surface area contributed by atoms with Crippen LogP contribution in [0.4, 0.5) is 24.8 Å². The minimum atomic E-state index is -4.77. The van der Waals surface area contributed by atoms with Gasteiger partial charge in [-0.25, -0.2) is 26.8 Å². The van der Waals surface area contributed by atoms with Crippen LogP contribution in [-0.4, -0.2) is 88.1 Å². The monoisotopic (exact) mass is 553 g/mol. The van der Waals surface area contributed by atoms with Gasteiger partial charge in [-0.15, -0.1) is 0 Å². The van der Waals surface area contributed by atoms with Crippen LogP contribution >= 0.6 is 0 Å². The zero-order valence-corrected chi connectivity index (χ0v) is 22.3. The standard InChI is InChI=1S/C22H34F3N5O4S2/c1-28(14-17-15-30(35(2,31)32)11-12-36(17,33)34)18-13-19(27-20(26-18)22(23,24)25)29-10-6-9-21(16-29)7-4-3-5-8-21/h13,17H,3-12,14-16H2,1-2H3. The van der Waals surface area contributed by atoms with Crippen LogP contribution in [0.2, 0.25) is 0 Å². The van der Waals surface area contributed by atoms with Gasteiger partial charge in [0, 0.05) is 45.8 Å². The summed E-state index contributed by atoms with van der Waals surface area (Å²) in [6.07, 6.45) is 3.72. The molecule has 0 bridgehead atoms. The molecule has 3 aliphatic rings. The van der Waals surface area contributed by atoms with Gasteiger partial charge < -0.3 is 9.80 Å². The van der Waals surface area contributed by atoms with Gasteiger partial charge in [0.1, 0.15) is 11.6 Å². The van der Waals surface area contributed by atoms with Gasteiger partial charge >= 0.3 is 6.18 Å². The van der Waals surface area contributed by atoms with Gasteiger partial charge in [0.15, 0.2) is 9.84 Å². The van der Waals surface area contributed by atoms with Crippen LogP contribution in [0.5, 0.6) is 0 Å². The summed E-state index contributed by atoms with van der Waals surface area (Å²) in [4.78, 5) is 10.9. The molecule has 1 atom stereocenters. The Bertz CT molecular complexity index is 1170. The SMILES string of the molecule is CN(CC1CN(S(C)(=O)=O)CCS1(=O)=O)c1cc(N2CCCC3(CCCCC3)C2)nc(C(F)(F)F)n1. The average molecular weight is 554 g/mol. The Morgan fingerprint density at radius 2 is 1.78 bits per heavy atom. The first-order valence-electron chi connectivity index (χ1n) is 12.3. The summed E-state index contributed by atoms with van der Waals surface area (Å²) < 4.78 is 91.6. The maximum absolute atomic E-state index is 13.8. The number of halogens is 3. The normalized spacial score (nSPS) is 25.1. The zero-order valence-electron chi connectivity index (χ0n) is 20.7. The summed E-state index contributed by atoms with van der Waals surface area (Å²) >= 11 is 0. The summed E-state index contributed by atoms with van der Waals surface area (Å²) in [6.45, 7) is 0.675. The number of anilines is 2. The summed E-state index contributed by atoms with van der Waals surface area (Å²) in [6, 6.07) is 1.49. The molecule has 36 heavy (non-hydrogen) atoms. The molecule has 1 aromatic rings. The Balaban J connectivity index is 1.61. The van der Waals surface area contributed by atoms with E-state index in [1.54, 1.807) is 0 Å². The van der Waals surface area contributed by atoms with Crippen molar-refractivity contribution in [3.05, 3.63) is 11.9 Å². The molecule has 4 rings (SSSR count). The van der Waals surface area contributed by atoms with Crippen LogP contribution in [0, 0.1) is 5.41 Å². The average Bonchev–Trinajstić information content (AvgIpc) is 2.79. The van der Waals surface area contributed by atoms with Crippen LogP contribution in [0.1, 0.15) is 50.8 Å². The van der Waals surface area contributed by atoms with E-state index in [9.17, 15) is 30.0 Å². The first-order valence-corrected chi connectivity index (χ1v) is 15.8. The number of sulfone groups is 1. The lowest BCUT2D eigenvalue weighted by atomic mass is 9.69. The van der Waals surface area contributed by atoms with Gasteiger partial charge in [-0.05, 0) is 31.1 Å². The first kappa shape index (κ1) is 27.4. The molecular formula is C22H34F3N5O4S2. The minimum absolute atomic E-state index is 0.0396. The lowest BCUT2D eigenvalue weighted by molar-refractivity contribution is -0.144. The van der Waals surface area contributed by atoms with E-state index in [2.05, 4.69) is 9.97 Å². The molecule has 3 fully saturated rings. The number of aromatic nitrogens is 2. The number of sulfonamides is 1. The predicted molar refractivity (Wildman–Crippen MR) is 131 cm³/mol. The van der Waals surface area contributed by atoms with Gasteiger partial charge in [-0.1, -0.05) is 19.3 Å². The Kier molecular flexibility index (Phi) is 7.52. The number of nitrogens with zero attached hydrogens (tertiary/aromatic N) is 5. The molecule has 1 saturated carbocycles. The van der Waals surface area contributed by atoms with Crippen LogP contribution in [-0.2, 0) is 26.0 Å². The third-order valence-electron chi connectivity index (χ3n) is 7.73. The van der Waals surface area contributed by atoms with Gasteiger partial charge in [0.2, 0.25) is 15.8 Å². The van der Waals surface area contributed by atoms with E-state index in [0.29, 0.717) is 13.1 Å². The fraction of sp³-hybridized carbons (Fsp3) is 0.818. The predicted octanol–water partition coefficient (Wildman–Crippen LogP) is 2.54. The van der Waals surface area contributed by atoms with Crippen molar-refractivity contribution in [3.8, 4) is 0 Å². The molecule has 2 aliphatic heterocycles. The summed E-state index contributed by atoms with van der Waals surface area (Å²) in [5.41, 5.74) is 0.0944. The fourth-order valence-corrected chi connectivity index (χ4v) is 8.47. The molecule has 1 spiro atoms. The van der Waals surface area contributed by atoms with E-state index < -0.39 is 37.1 Å².